The van der Waals surface area contributed by atoms with Crippen molar-refractivity contribution < 1.29 is 4.74 Å². The summed E-state index contributed by atoms with van der Waals surface area (Å²) in [4.78, 5) is 4.33. The molecule has 5 heteroatoms. The summed E-state index contributed by atoms with van der Waals surface area (Å²) in [6, 6.07) is 6.22. The van der Waals surface area contributed by atoms with Gasteiger partial charge in [-0.05, 0) is 31.4 Å². The Hall–Kier alpha value is -1.07. The average Bonchev–Trinajstić information content (AvgIpc) is 2.73. The van der Waals surface area contributed by atoms with Crippen molar-refractivity contribution in [2.45, 2.75) is 23.9 Å². The van der Waals surface area contributed by atoms with Gasteiger partial charge in [0.25, 0.3) is 0 Å². The number of methoxy groups -OCH3 is 1. The lowest BCUT2D eigenvalue weighted by atomic mass is 10.1. The van der Waals surface area contributed by atoms with E-state index in [0.717, 1.165) is 21.7 Å². The number of thioether (sulfide) groups is 1. The number of benzene rings is 1. The molecule has 0 atom stereocenters. The van der Waals surface area contributed by atoms with Crippen molar-refractivity contribution >= 4 is 23.3 Å². The minimum atomic E-state index is 0.841. The van der Waals surface area contributed by atoms with E-state index < -0.39 is 0 Å². The highest BCUT2D eigenvalue weighted by Gasteiger charge is 2.06. The van der Waals surface area contributed by atoms with Crippen molar-refractivity contribution in [3.8, 4) is 5.75 Å². The molecule has 2 aromatic rings. The molecule has 2 rings (SSSR count). The number of hydrogen-bond donors (Lipinski definition) is 0. The summed E-state index contributed by atoms with van der Waals surface area (Å²) in [5, 5.41) is 0. The number of rotatable bonds is 4. The van der Waals surface area contributed by atoms with Gasteiger partial charge in [0.15, 0.2) is 4.34 Å². The van der Waals surface area contributed by atoms with Gasteiger partial charge in [0, 0.05) is 11.3 Å². The lowest BCUT2D eigenvalue weighted by Crippen LogP contribution is -1.91. The third-order valence-electron chi connectivity index (χ3n) is 2.30. The first-order valence-corrected chi connectivity index (χ1v) is 7.01. The summed E-state index contributed by atoms with van der Waals surface area (Å²) in [6.45, 7) is 4.00. The Balaban J connectivity index is 2.10. The molecule has 0 saturated heterocycles. The lowest BCUT2D eigenvalue weighted by molar-refractivity contribution is 0.411. The van der Waals surface area contributed by atoms with Gasteiger partial charge in [-0.2, -0.15) is 4.37 Å². The second kappa shape index (κ2) is 5.51. The smallest absolute Gasteiger partial charge is 0.170 e. The van der Waals surface area contributed by atoms with Gasteiger partial charge in [-0.15, -0.1) is 0 Å². The maximum absolute atomic E-state index is 5.35. The van der Waals surface area contributed by atoms with E-state index in [1.807, 2.05) is 13.0 Å². The van der Waals surface area contributed by atoms with E-state index in [-0.39, 0.29) is 0 Å². The van der Waals surface area contributed by atoms with E-state index in [1.165, 1.54) is 22.7 Å². The van der Waals surface area contributed by atoms with Crippen LogP contribution in [0.4, 0.5) is 0 Å². The number of hydrogen-bond acceptors (Lipinski definition) is 5. The molecule has 1 aromatic carbocycles. The topological polar surface area (TPSA) is 35.0 Å². The molecule has 0 aliphatic heterocycles. The Morgan fingerprint density at radius 1 is 1.35 bits per heavy atom. The highest BCUT2D eigenvalue weighted by molar-refractivity contribution is 8.00. The molecular formula is C12H14N2OS2. The zero-order chi connectivity index (χ0) is 12.3. The molecule has 0 N–H and O–H groups in total. The van der Waals surface area contributed by atoms with E-state index >= 15 is 0 Å². The molecule has 0 aliphatic rings. The van der Waals surface area contributed by atoms with Crippen LogP contribution in [0.1, 0.15) is 17.0 Å². The summed E-state index contributed by atoms with van der Waals surface area (Å²) in [5.74, 6) is 2.64. The summed E-state index contributed by atoms with van der Waals surface area (Å²) < 4.78 is 10.5. The van der Waals surface area contributed by atoms with Crippen molar-refractivity contribution in [2.24, 2.45) is 0 Å². The molecule has 90 valence electrons. The van der Waals surface area contributed by atoms with Gasteiger partial charge < -0.3 is 4.74 Å². The van der Waals surface area contributed by atoms with Crippen LogP contribution < -0.4 is 4.74 Å². The fourth-order valence-corrected chi connectivity index (χ4v) is 3.12. The molecule has 1 aromatic heterocycles. The van der Waals surface area contributed by atoms with Crippen LogP contribution in [-0.4, -0.2) is 16.5 Å². The Kier molecular flexibility index (Phi) is 4.02. The van der Waals surface area contributed by atoms with E-state index in [9.17, 15) is 0 Å². The van der Waals surface area contributed by atoms with Gasteiger partial charge >= 0.3 is 0 Å². The Morgan fingerprint density at radius 3 is 2.82 bits per heavy atom. The monoisotopic (exact) mass is 266 g/mol. The van der Waals surface area contributed by atoms with Crippen molar-refractivity contribution in [3.05, 3.63) is 35.2 Å². The first kappa shape index (κ1) is 12.4. The van der Waals surface area contributed by atoms with Crippen LogP contribution in [-0.2, 0) is 5.75 Å². The van der Waals surface area contributed by atoms with Crippen LogP contribution in [0.5, 0.6) is 5.75 Å². The molecule has 0 fully saturated rings. The summed E-state index contributed by atoms with van der Waals surface area (Å²) >= 11 is 3.14. The predicted octanol–water partition coefficient (Wildman–Crippen LogP) is 3.46. The molecule has 0 amide bonds. The van der Waals surface area contributed by atoms with E-state index in [2.05, 4.69) is 28.4 Å². The zero-order valence-electron chi connectivity index (χ0n) is 10.1. The second-order valence-corrected chi connectivity index (χ2v) is 5.69. The highest BCUT2D eigenvalue weighted by Crippen LogP contribution is 2.29. The molecule has 3 nitrogen and oxygen atoms in total. The van der Waals surface area contributed by atoms with Crippen molar-refractivity contribution in [2.75, 3.05) is 7.11 Å². The van der Waals surface area contributed by atoms with Gasteiger partial charge in [0.2, 0.25) is 0 Å². The summed E-state index contributed by atoms with van der Waals surface area (Å²) in [7, 11) is 1.70. The number of aromatic nitrogens is 2. The SMILES string of the molecule is COc1ccc(C)cc1CSc1nc(C)ns1. The van der Waals surface area contributed by atoms with Crippen molar-refractivity contribution in [1.82, 2.24) is 9.36 Å². The zero-order valence-corrected chi connectivity index (χ0v) is 11.7. The molecule has 0 saturated carbocycles. The Bertz CT molecular complexity index is 511. The third-order valence-corrected chi connectivity index (χ3v) is 4.27. The number of ether oxygens (including phenoxy) is 1. The van der Waals surface area contributed by atoms with E-state index in [4.69, 9.17) is 4.74 Å². The molecule has 0 unspecified atom stereocenters. The minimum absolute atomic E-state index is 0.841. The summed E-state index contributed by atoms with van der Waals surface area (Å²) in [6.07, 6.45) is 0. The maximum Gasteiger partial charge on any atom is 0.170 e. The van der Waals surface area contributed by atoms with E-state index in [0.29, 0.717) is 0 Å². The van der Waals surface area contributed by atoms with Crippen molar-refractivity contribution in [1.29, 1.82) is 0 Å². The van der Waals surface area contributed by atoms with E-state index in [1.54, 1.807) is 18.9 Å². The lowest BCUT2D eigenvalue weighted by Gasteiger charge is -2.08. The first-order chi connectivity index (χ1) is 8.19. The molecule has 17 heavy (non-hydrogen) atoms. The molecule has 1 heterocycles. The standard InChI is InChI=1S/C12H14N2OS2/c1-8-4-5-11(15-3)10(6-8)7-16-12-13-9(2)14-17-12/h4-6H,7H2,1-3H3. The van der Waals surface area contributed by atoms with Crippen LogP contribution >= 0.6 is 23.3 Å². The van der Waals surface area contributed by atoms with Crippen LogP contribution in [0.2, 0.25) is 0 Å². The van der Waals surface area contributed by atoms with Gasteiger partial charge in [0.1, 0.15) is 11.6 Å². The first-order valence-electron chi connectivity index (χ1n) is 5.25. The fourth-order valence-electron chi connectivity index (χ4n) is 1.50. The molecule has 0 radical (unpaired) electrons. The second-order valence-electron chi connectivity index (χ2n) is 3.71. The number of aryl methyl sites for hydroxylation is 2. The van der Waals surface area contributed by atoms with Crippen molar-refractivity contribution in [3.63, 3.8) is 0 Å². The van der Waals surface area contributed by atoms with Crippen LogP contribution in [0.15, 0.2) is 22.5 Å². The van der Waals surface area contributed by atoms with Gasteiger partial charge in [-0.3, -0.25) is 0 Å². The van der Waals surface area contributed by atoms with Crippen LogP contribution in [0, 0.1) is 13.8 Å². The summed E-state index contributed by atoms with van der Waals surface area (Å²) in [5.41, 5.74) is 2.44. The molecular weight excluding hydrogens is 252 g/mol. The van der Waals surface area contributed by atoms with Gasteiger partial charge in [0.05, 0.1) is 7.11 Å². The maximum atomic E-state index is 5.35. The highest BCUT2D eigenvalue weighted by atomic mass is 32.2. The largest absolute Gasteiger partial charge is 0.496 e. The van der Waals surface area contributed by atoms with Gasteiger partial charge in [-0.1, -0.05) is 29.5 Å². The molecule has 0 spiro atoms. The fraction of sp³-hybridized carbons (Fsp3) is 0.333. The van der Waals surface area contributed by atoms with Crippen LogP contribution in [0.25, 0.3) is 0 Å². The predicted molar refractivity (Wildman–Crippen MR) is 71.9 cm³/mol. The van der Waals surface area contributed by atoms with Crippen LogP contribution in [0.3, 0.4) is 0 Å². The Morgan fingerprint density at radius 2 is 2.18 bits per heavy atom. The quantitative estimate of drug-likeness (QED) is 0.794. The normalized spacial score (nSPS) is 10.5. The minimum Gasteiger partial charge on any atom is -0.496 e. The number of nitrogens with zero attached hydrogens (tertiary/aromatic N) is 2. The molecule has 0 bridgehead atoms. The van der Waals surface area contributed by atoms with Gasteiger partial charge in [-0.25, -0.2) is 4.98 Å². The third kappa shape index (κ3) is 3.20. The molecule has 0 aliphatic carbocycles. The average molecular weight is 266 g/mol. The Labute approximate surface area is 109 Å².